The fraction of sp³-hybridized carbons (Fsp3) is 0.417. The quantitative estimate of drug-likeness (QED) is 0.744. The average molecular weight is 204 g/mol. The number of hydrogen-bond donors (Lipinski definition) is 2. The van der Waals surface area contributed by atoms with Gasteiger partial charge in [-0.25, -0.2) is 0 Å². The molecule has 1 aliphatic heterocycles. The highest BCUT2D eigenvalue weighted by Crippen LogP contribution is 2.06. The van der Waals surface area contributed by atoms with Crippen LogP contribution < -0.4 is 10.6 Å². The summed E-state index contributed by atoms with van der Waals surface area (Å²) in [6.07, 6.45) is 0.761. The molecule has 2 N–H and O–H groups in total. The van der Waals surface area contributed by atoms with E-state index in [2.05, 4.69) is 17.6 Å². The van der Waals surface area contributed by atoms with Gasteiger partial charge in [0.2, 0.25) is 5.91 Å². The normalized spacial score (nSPS) is 26.1. The van der Waals surface area contributed by atoms with E-state index in [1.165, 1.54) is 5.56 Å². The molecule has 1 aliphatic rings. The summed E-state index contributed by atoms with van der Waals surface area (Å²) >= 11 is 0. The zero-order valence-electron chi connectivity index (χ0n) is 8.86. The van der Waals surface area contributed by atoms with Crippen LogP contribution in [0.1, 0.15) is 12.5 Å². The minimum absolute atomic E-state index is 0.0869. The Morgan fingerprint density at radius 1 is 1.33 bits per heavy atom. The molecule has 1 aromatic rings. The van der Waals surface area contributed by atoms with Crippen LogP contribution in [0.5, 0.6) is 0 Å². The van der Waals surface area contributed by atoms with Crippen molar-refractivity contribution in [2.45, 2.75) is 25.4 Å². The predicted molar refractivity (Wildman–Crippen MR) is 59.5 cm³/mol. The van der Waals surface area contributed by atoms with Gasteiger partial charge in [-0.15, -0.1) is 0 Å². The minimum Gasteiger partial charge on any atom is -0.353 e. The molecular formula is C12H16N2O. The molecule has 2 atom stereocenters. The molecule has 80 valence electrons. The van der Waals surface area contributed by atoms with E-state index in [0.717, 1.165) is 13.0 Å². The second-order valence-electron chi connectivity index (χ2n) is 4.06. The van der Waals surface area contributed by atoms with Gasteiger partial charge < -0.3 is 10.6 Å². The number of benzene rings is 1. The molecule has 15 heavy (non-hydrogen) atoms. The molecule has 1 aromatic carbocycles. The van der Waals surface area contributed by atoms with Crippen LogP contribution in [0.2, 0.25) is 0 Å². The third-order valence-electron chi connectivity index (χ3n) is 2.67. The summed E-state index contributed by atoms with van der Waals surface area (Å²) in [5.41, 5.74) is 1.19. The molecule has 0 aliphatic carbocycles. The molecule has 1 saturated heterocycles. The van der Waals surface area contributed by atoms with Gasteiger partial charge in [-0.2, -0.15) is 0 Å². The van der Waals surface area contributed by atoms with Gasteiger partial charge in [-0.3, -0.25) is 4.79 Å². The summed E-state index contributed by atoms with van der Waals surface area (Å²) < 4.78 is 0. The maximum Gasteiger partial charge on any atom is 0.237 e. The van der Waals surface area contributed by atoms with E-state index < -0.39 is 0 Å². The zero-order valence-corrected chi connectivity index (χ0v) is 8.86. The van der Waals surface area contributed by atoms with Crippen LogP contribution >= 0.6 is 0 Å². The van der Waals surface area contributed by atoms with Crippen molar-refractivity contribution in [3.63, 3.8) is 0 Å². The van der Waals surface area contributed by atoms with E-state index in [0.29, 0.717) is 6.04 Å². The molecule has 0 radical (unpaired) electrons. The third kappa shape index (κ3) is 2.57. The van der Waals surface area contributed by atoms with E-state index in [1.807, 2.05) is 30.3 Å². The highest BCUT2D eigenvalue weighted by atomic mass is 16.2. The first-order valence-electron chi connectivity index (χ1n) is 5.33. The topological polar surface area (TPSA) is 41.1 Å². The van der Waals surface area contributed by atoms with Gasteiger partial charge in [0, 0.05) is 12.6 Å². The summed E-state index contributed by atoms with van der Waals surface area (Å²) in [6.45, 7) is 2.81. The molecular weight excluding hydrogens is 188 g/mol. The fourth-order valence-electron chi connectivity index (χ4n) is 1.86. The second kappa shape index (κ2) is 4.45. The number of hydrogen-bond acceptors (Lipinski definition) is 2. The highest BCUT2D eigenvalue weighted by molar-refractivity contribution is 5.82. The van der Waals surface area contributed by atoms with Gasteiger partial charge in [-0.05, 0) is 18.9 Å². The average Bonchev–Trinajstić information content (AvgIpc) is 2.25. The van der Waals surface area contributed by atoms with Gasteiger partial charge in [0.25, 0.3) is 0 Å². The first-order chi connectivity index (χ1) is 7.25. The summed E-state index contributed by atoms with van der Waals surface area (Å²) in [5, 5.41) is 6.20. The Bertz CT molecular complexity index is 337. The van der Waals surface area contributed by atoms with Crippen molar-refractivity contribution < 1.29 is 4.79 Å². The number of carbonyl (C=O) groups is 1. The Morgan fingerprint density at radius 3 is 2.80 bits per heavy atom. The van der Waals surface area contributed by atoms with Crippen molar-refractivity contribution in [2.24, 2.45) is 0 Å². The monoisotopic (exact) mass is 204 g/mol. The molecule has 0 saturated carbocycles. The number of carbonyl (C=O) groups excluding carboxylic acids is 1. The molecule has 2 rings (SSSR count). The Balaban J connectivity index is 2.01. The van der Waals surface area contributed by atoms with Crippen molar-refractivity contribution in [2.75, 3.05) is 6.54 Å². The Hall–Kier alpha value is -1.35. The second-order valence-corrected chi connectivity index (χ2v) is 4.06. The maximum atomic E-state index is 11.6. The van der Waals surface area contributed by atoms with E-state index in [9.17, 15) is 4.79 Å². The van der Waals surface area contributed by atoms with E-state index in [-0.39, 0.29) is 11.9 Å². The predicted octanol–water partition coefficient (Wildman–Crippen LogP) is 0.706. The lowest BCUT2D eigenvalue weighted by molar-refractivity contribution is -0.124. The summed E-state index contributed by atoms with van der Waals surface area (Å²) in [6, 6.07) is 10.4. The van der Waals surface area contributed by atoms with Gasteiger partial charge >= 0.3 is 0 Å². The third-order valence-corrected chi connectivity index (χ3v) is 2.67. The van der Waals surface area contributed by atoms with Crippen molar-refractivity contribution in [1.82, 2.24) is 10.6 Å². The van der Waals surface area contributed by atoms with E-state index >= 15 is 0 Å². The molecule has 1 heterocycles. The molecule has 0 aromatic heterocycles. The molecule has 0 spiro atoms. The number of amides is 1. The molecule has 3 nitrogen and oxygen atoms in total. The van der Waals surface area contributed by atoms with Crippen LogP contribution in [0, 0.1) is 0 Å². The molecule has 1 amide bonds. The van der Waals surface area contributed by atoms with Crippen molar-refractivity contribution in [1.29, 1.82) is 0 Å². The van der Waals surface area contributed by atoms with Gasteiger partial charge in [0.1, 0.15) is 0 Å². The Labute approximate surface area is 89.9 Å². The minimum atomic E-state index is -0.0869. The molecule has 1 unspecified atom stereocenters. The molecule has 3 heteroatoms. The van der Waals surface area contributed by atoms with Gasteiger partial charge in [0.05, 0.1) is 6.04 Å². The lowest BCUT2D eigenvalue weighted by atomic mass is 10.0. The number of piperazine rings is 1. The highest BCUT2D eigenvalue weighted by Gasteiger charge is 2.24. The fourth-order valence-corrected chi connectivity index (χ4v) is 1.86. The summed E-state index contributed by atoms with van der Waals surface area (Å²) in [7, 11) is 0. The first kappa shape index (κ1) is 10.2. The zero-order chi connectivity index (χ0) is 10.7. The summed E-state index contributed by atoms with van der Waals surface area (Å²) in [4.78, 5) is 11.6. The van der Waals surface area contributed by atoms with E-state index in [4.69, 9.17) is 0 Å². The van der Waals surface area contributed by atoms with Crippen LogP contribution in [0.15, 0.2) is 30.3 Å². The molecule has 0 bridgehead atoms. The lowest BCUT2D eigenvalue weighted by Crippen LogP contribution is -2.58. The smallest absolute Gasteiger partial charge is 0.237 e. The summed E-state index contributed by atoms with van der Waals surface area (Å²) in [5.74, 6) is 0.108. The van der Waals surface area contributed by atoms with Crippen molar-refractivity contribution in [3.05, 3.63) is 35.9 Å². The lowest BCUT2D eigenvalue weighted by Gasteiger charge is -2.28. The van der Waals surface area contributed by atoms with E-state index in [1.54, 1.807) is 0 Å². The van der Waals surface area contributed by atoms with Crippen LogP contribution in [-0.2, 0) is 11.2 Å². The Morgan fingerprint density at radius 2 is 2.07 bits per heavy atom. The number of nitrogens with one attached hydrogen (secondary N) is 2. The van der Waals surface area contributed by atoms with Crippen LogP contribution in [0.3, 0.4) is 0 Å². The largest absolute Gasteiger partial charge is 0.353 e. The standard InChI is InChI=1S/C12H16N2O/c1-9-8-13-12(15)11(14-9)7-10-5-3-2-4-6-10/h2-6,9,11,14H,7-8H2,1H3,(H,13,15)/t9?,11-/m1/s1. The number of rotatable bonds is 2. The molecule has 1 fully saturated rings. The van der Waals surface area contributed by atoms with Gasteiger partial charge in [0.15, 0.2) is 0 Å². The van der Waals surface area contributed by atoms with Crippen molar-refractivity contribution in [3.8, 4) is 0 Å². The Kier molecular flexibility index (Phi) is 3.02. The van der Waals surface area contributed by atoms with Crippen LogP contribution in [0.4, 0.5) is 0 Å². The maximum absolute atomic E-state index is 11.6. The SMILES string of the molecule is CC1CNC(=O)[C@@H](Cc2ccccc2)N1. The van der Waals surface area contributed by atoms with Crippen molar-refractivity contribution >= 4 is 5.91 Å². The first-order valence-corrected chi connectivity index (χ1v) is 5.33. The van der Waals surface area contributed by atoms with Crippen LogP contribution in [-0.4, -0.2) is 24.5 Å². The van der Waals surface area contributed by atoms with Gasteiger partial charge in [-0.1, -0.05) is 30.3 Å². The van der Waals surface area contributed by atoms with Crippen LogP contribution in [0.25, 0.3) is 0 Å².